The number of aryl methyl sites for hydroxylation is 1. The number of rotatable bonds is 2. The molecule has 0 aliphatic heterocycles. The van der Waals surface area contributed by atoms with Crippen LogP contribution in [0.4, 0.5) is 4.39 Å². The van der Waals surface area contributed by atoms with Crippen LogP contribution in [0.2, 0.25) is 0 Å². The lowest BCUT2D eigenvalue weighted by molar-refractivity contribution is -0.126. The summed E-state index contributed by atoms with van der Waals surface area (Å²) in [7, 11) is 0. The van der Waals surface area contributed by atoms with Crippen LogP contribution < -0.4 is 5.73 Å². The predicted molar refractivity (Wildman–Crippen MR) is 45.3 cm³/mol. The van der Waals surface area contributed by atoms with Crippen LogP contribution in [0.5, 0.6) is 0 Å². The molecule has 1 unspecified atom stereocenters. The third-order valence-corrected chi connectivity index (χ3v) is 1.78. The molecule has 3 N–H and O–H groups in total. The summed E-state index contributed by atoms with van der Waals surface area (Å²) in [6, 6.07) is 4.05. The van der Waals surface area contributed by atoms with Crippen molar-refractivity contribution in [3.8, 4) is 0 Å². The van der Waals surface area contributed by atoms with Crippen molar-refractivity contribution in [1.82, 2.24) is 0 Å². The second kappa shape index (κ2) is 3.53. The molecule has 70 valence electrons. The number of amides is 1. The number of carbonyl (C=O) groups excluding carboxylic acids is 1. The molecule has 0 radical (unpaired) electrons. The summed E-state index contributed by atoms with van der Waals surface area (Å²) < 4.78 is 12.9. The summed E-state index contributed by atoms with van der Waals surface area (Å²) >= 11 is 0. The SMILES string of the molecule is Cc1ccc(C(O)C(N)=O)cc1F. The van der Waals surface area contributed by atoms with Gasteiger partial charge in [0.1, 0.15) is 5.82 Å². The Kier molecular flexibility index (Phi) is 2.63. The summed E-state index contributed by atoms with van der Waals surface area (Å²) in [4.78, 5) is 10.5. The Morgan fingerprint density at radius 1 is 1.62 bits per heavy atom. The highest BCUT2D eigenvalue weighted by atomic mass is 19.1. The minimum absolute atomic E-state index is 0.176. The third-order valence-electron chi connectivity index (χ3n) is 1.78. The van der Waals surface area contributed by atoms with E-state index in [0.717, 1.165) is 6.07 Å². The number of benzene rings is 1. The number of aliphatic hydroxyl groups is 1. The van der Waals surface area contributed by atoms with Gasteiger partial charge in [0.2, 0.25) is 0 Å². The van der Waals surface area contributed by atoms with Crippen LogP contribution >= 0.6 is 0 Å². The van der Waals surface area contributed by atoms with Gasteiger partial charge in [0, 0.05) is 0 Å². The zero-order valence-electron chi connectivity index (χ0n) is 7.12. The van der Waals surface area contributed by atoms with Crippen molar-refractivity contribution >= 4 is 5.91 Å². The maximum Gasteiger partial charge on any atom is 0.250 e. The van der Waals surface area contributed by atoms with Crippen LogP contribution in [-0.2, 0) is 4.79 Å². The van der Waals surface area contributed by atoms with E-state index < -0.39 is 17.8 Å². The molecule has 0 saturated carbocycles. The summed E-state index contributed by atoms with van der Waals surface area (Å²) in [6.45, 7) is 1.59. The van der Waals surface area contributed by atoms with Gasteiger partial charge in [-0.1, -0.05) is 12.1 Å². The van der Waals surface area contributed by atoms with E-state index >= 15 is 0 Å². The minimum atomic E-state index is -1.44. The van der Waals surface area contributed by atoms with Gasteiger partial charge in [-0.25, -0.2) is 4.39 Å². The van der Waals surface area contributed by atoms with E-state index in [1.165, 1.54) is 12.1 Å². The fourth-order valence-corrected chi connectivity index (χ4v) is 0.943. The molecule has 0 heterocycles. The van der Waals surface area contributed by atoms with Gasteiger partial charge in [0.25, 0.3) is 5.91 Å². The summed E-state index contributed by atoms with van der Waals surface area (Å²) in [5.41, 5.74) is 5.48. The monoisotopic (exact) mass is 183 g/mol. The van der Waals surface area contributed by atoms with E-state index in [2.05, 4.69) is 0 Å². The molecule has 1 amide bonds. The first-order chi connectivity index (χ1) is 6.02. The van der Waals surface area contributed by atoms with Crippen molar-refractivity contribution in [2.24, 2.45) is 5.73 Å². The molecule has 0 aromatic heterocycles. The minimum Gasteiger partial charge on any atom is -0.378 e. The molecular weight excluding hydrogens is 173 g/mol. The van der Waals surface area contributed by atoms with Crippen LogP contribution in [0, 0.1) is 12.7 Å². The number of primary amides is 1. The molecule has 1 aromatic carbocycles. The molecule has 1 rings (SSSR count). The van der Waals surface area contributed by atoms with E-state index in [1.54, 1.807) is 6.92 Å². The lowest BCUT2D eigenvalue weighted by Crippen LogP contribution is -2.20. The first kappa shape index (κ1) is 9.67. The van der Waals surface area contributed by atoms with Crippen molar-refractivity contribution in [3.05, 3.63) is 35.1 Å². The number of hydrogen-bond acceptors (Lipinski definition) is 2. The quantitative estimate of drug-likeness (QED) is 0.707. The van der Waals surface area contributed by atoms with Crippen molar-refractivity contribution in [1.29, 1.82) is 0 Å². The topological polar surface area (TPSA) is 63.3 Å². The predicted octanol–water partition coefficient (Wildman–Crippen LogP) is 0.653. The number of hydrogen-bond donors (Lipinski definition) is 2. The molecule has 0 fully saturated rings. The zero-order valence-corrected chi connectivity index (χ0v) is 7.12. The van der Waals surface area contributed by atoms with Gasteiger partial charge >= 0.3 is 0 Å². The Morgan fingerprint density at radius 3 is 2.69 bits per heavy atom. The molecule has 4 heteroatoms. The van der Waals surface area contributed by atoms with Crippen LogP contribution in [0.1, 0.15) is 17.2 Å². The third kappa shape index (κ3) is 2.03. The van der Waals surface area contributed by atoms with E-state index in [4.69, 9.17) is 5.73 Å². The molecule has 1 aromatic rings. The van der Waals surface area contributed by atoms with Crippen molar-refractivity contribution in [3.63, 3.8) is 0 Å². The summed E-state index contributed by atoms with van der Waals surface area (Å²) in [6.07, 6.45) is -1.44. The second-order valence-corrected chi connectivity index (χ2v) is 2.81. The van der Waals surface area contributed by atoms with Gasteiger partial charge in [-0.15, -0.1) is 0 Å². The Balaban J connectivity index is 3.03. The normalized spacial score (nSPS) is 12.5. The number of nitrogens with two attached hydrogens (primary N) is 1. The maximum atomic E-state index is 12.9. The Bertz CT molecular complexity index is 338. The van der Waals surface area contributed by atoms with Crippen LogP contribution in [0.25, 0.3) is 0 Å². The number of carbonyl (C=O) groups is 1. The lowest BCUT2D eigenvalue weighted by Gasteiger charge is -2.07. The molecule has 0 aliphatic rings. The first-order valence-electron chi connectivity index (χ1n) is 3.76. The van der Waals surface area contributed by atoms with E-state index in [9.17, 15) is 14.3 Å². The van der Waals surface area contributed by atoms with Crippen LogP contribution in [0.15, 0.2) is 18.2 Å². The summed E-state index contributed by atoms with van der Waals surface area (Å²) in [5.74, 6) is -1.35. The largest absolute Gasteiger partial charge is 0.378 e. The van der Waals surface area contributed by atoms with E-state index in [0.29, 0.717) is 5.56 Å². The molecule has 0 spiro atoms. The standard InChI is InChI=1S/C9H10FNO2/c1-5-2-3-6(4-7(5)10)8(12)9(11)13/h2-4,8,12H,1H3,(H2,11,13). The van der Waals surface area contributed by atoms with Gasteiger partial charge in [-0.2, -0.15) is 0 Å². The lowest BCUT2D eigenvalue weighted by atomic mass is 10.1. The van der Waals surface area contributed by atoms with Crippen molar-refractivity contribution in [2.75, 3.05) is 0 Å². The van der Waals surface area contributed by atoms with Gasteiger partial charge in [-0.3, -0.25) is 4.79 Å². The first-order valence-corrected chi connectivity index (χ1v) is 3.76. The van der Waals surface area contributed by atoms with E-state index in [1.807, 2.05) is 0 Å². The molecule has 0 bridgehead atoms. The highest BCUT2D eigenvalue weighted by molar-refractivity contribution is 5.80. The van der Waals surface area contributed by atoms with Crippen molar-refractivity contribution in [2.45, 2.75) is 13.0 Å². The fourth-order valence-electron chi connectivity index (χ4n) is 0.943. The highest BCUT2D eigenvalue weighted by Gasteiger charge is 2.14. The second-order valence-electron chi connectivity index (χ2n) is 2.81. The maximum absolute atomic E-state index is 12.9. The van der Waals surface area contributed by atoms with Crippen LogP contribution in [0.3, 0.4) is 0 Å². The Hall–Kier alpha value is -1.42. The number of aliphatic hydroxyl groups excluding tert-OH is 1. The zero-order chi connectivity index (χ0) is 10.0. The van der Waals surface area contributed by atoms with Gasteiger partial charge < -0.3 is 10.8 Å². The van der Waals surface area contributed by atoms with Gasteiger partial charge in [0.05, 0.1) is 0 Å². The molecule has 13 heavy (non-hydrogen) atoms. The summed E-state index contributed by atoms with van der Waals surface area (Å²) in [5, 5.41) is 9.17. The molecule has 1 atom stereocenters. The van der Waals surface area contributed by atoms with Crippen LogP contribution in [-0.4, -0.2) is 11.0 Å². The average molecular weight is 183 g/mol. The molecule has 3 nitrogen and oxygen atoms in total. The Labute approximate surface area is 75.0 Å². The fraction of sp³-hybridized carbons (Fsp3) is 0.222. The number of halogens is 1. The molecular formula is C9H10FNO2. The average Bonchev–Trinajstić information content (AvgIpc) is 2.08. The van der Waals surface area contributed by atoms with Gasteiger partial charge in [0.15, 0.2) is 6.10 Å². The Morgan fingerprint density at radius 2 is 2.23 bits per heavy atom. The van der Waals surface area contributed by atoms with Crippen molar-refractivity contribution < 1.29 is 14.3 Å². The molecule has 0 aliphatic carbocycles. The molecule has 0 saturated heterocycles. The van der Waals surface area contributed by atoms with E-state index in [-0.39, 0.29) is 5.56 Å². The highest BCUT2D eigenvalue weighted by Crippen LogP contribution is 2.15. The van der Waals surface area contributed by atoms with Gasteiger partial charge in [-0.05, 0) is 24.1 Å². The smallest absolute Gasteiger partial charge is 0.250 e.